The van der Waals surface area contributed by atoms with Crippen molar-refractivity contribution in [2.45, 2.75) is 13.3 Å². The van der Waals surface area contributed by atoms with Crippen LogP contribution in [-0.4, -0.2) is 40.0 Å². The van der Waals surface area contributed by atoms with Gasteiger partial charge in [0.2, 0.25) is 0 Å². The molecule has 0 spiro atoms. The van der Waals surface area contributed by atoms with Crippen molar-refractivity contribution in [3.8, 4) is 0 Å². The lowest BCUT2D eigenvalue weighted by molar-refractivity contribution is -0.0990. The number of methoxy groups -OCH3 is 1. The predicted molar refractivity (Wildman–Crippen MR) is 48.3 cm³/mol. The highest BCUT2D eigenvalue weighted by atomic mass is 16.5. The van der Waals surface area contributed by atoms with Gasteiger partial charge in [-0.25, -0.2) is 0 Å². The molecule has 0 radical (unpaired) electrons. The van der Waals surface area contributed by atoms with Gasteiger partial charge < -0.3 is 14.8 Å². The van der Waals surface area contributed by atoms with Gasteiger partial charge in [0, 0.05) is 25.7 Å². The molecule has 1 saturated heterocycles. The lowest BCUT2D eigenvalue weighted by atomic mass is 9.89. The fraction of sp³-hybridized carbons (Fsp3) is 1.00. The highest BCUT2D eigenvalue weighted by Crippen LogP contribution is 2.24. The molecule has 1 heterocycles. The third kappa shape index (κ3) is 3.09. The molecule has 3 nitrogen and oxygen atoms in total. The van der Waals surface area contributed by atoms with Crippen LogP contribution < -0.4 is 5.32 Å². The maximum atomic E-state index is 5.15. The summed E-state index contributed by atoms with van der Waals surface area (Å²) in [6.07, 6.45) is 1.09. The number of nitrogens with one attached hydrogen (secondary N) is 1. The van der Waals surface area contributed by atoms with Crippen LogP contribution in [0.5, 0.6) is 0 Å². The van der Waals surface area contributed by atoms with Gasteiger partial charge in [-0.15, -0.1) is 0 Å². The SMILES string of the molecule is COCCCNCC1(C)COC1. The molecule has 3 heteroatoms. The smallest absolute Gasteiger partial charge is 0.0554 e. The first-order valence-electron chi connectivity index (χ1n) is 4.54. The number of rotatable bonds is 6. The Kier molecular flexibility index (Phi) is 3.98. The molecular weight excluding hydrogens is 154 g/mol. The van der Waals surface area contributed by atoms with Crippen LogP contribution in [0.3, 0.4) is 0 Å². The van der Waals surface area contributed by atoms with Crippen molar-refractivity contribution in [3.63, 3.8) is 0 Å². The van der Waals surface area contributed by atoms with Crippen LogP contribution in [0, 0.1) is 5.41 Å². The Labute approximate surface area is 74.4 Å². The van der Waals surface area contributed by atoms with E-state index in [4.69, 9.17) is 9.47 Å². The molecular formula is C9H19NO2. The van der Waals surface area contributed by atoms with E-state index in [1.165, 1.54) is 0 Å². The quantitative estimate of drug-likeness (QED) is 0.598. The Bertz CT molecular complexity index is 124. The highest BCUT2D eigenvalue weighted by Gasteiger charge is 2.32. The maximum absolute atomic E-state index is 5.15. The Hall–Kier alpha value is -0.120. The van der Waals surface area contributed by atoms with E-state index in [-0.39, 0.29) is 0 Å². The second-order valence-electron chi connectivity index (χ2n) is 3.83. The molecule has 0 aromatic rings. The molecule has 1 fully saturated rings. The van der Waals surface area contributed by atoms with E-state index in [1.54, 1.807) is 7.11 Å². The van der Waals surface area contributed by atoms with E-state index in [9.17, 15) is 0 Å². The lowest BCUT2D eigenvalue weighted by Gasteiger charge is -2.38. The first-order valence-corrected chi connectivity index (χ1v) is 4.54. The average Bonchev–Trinajstić information content (AvgIpc) is 2.01. The normalized spacial score (nSPS) is 20.5. The standard InChI is InChI=1S/C9H19NO2/c1-9(7-12-8-9)6-10-4-3-5-11-2/h10H,3-8H2,1-2H3. The Morgan fingerprint density at radius 2 is 2.25 bits per heavy atom. The Morgan fingerprint density at radius 1 is 1.50 bits per heavy atom. The molecule has 12 heavy (non-hydrogen) atoms. The summed E-state index contributed by atoms with van der Waals surface area (Å²) >= 11 is 0. The van der Waals surface area contributed by atoms with E-state index in [2.05, 4.69) is 12.2 Å². The van der Waals surface area contributed by atoms with Crippen LogP contribution in [0.15, 0.2) is 0 Å². The van der Waals surface area contributed by atoms with E-state index >= 15 is 0 Å². The van der Waals surface area contributed by atoms with Gasteiger partial charge >= 0.3 is 0 Å². The Morgan fingerprint density at radius 3 is 2.75 bits per heavy atom. The van der Waals surface area contributed by atoms with Crippen molar-refractivity contribution in [2.75, 3.05) is 40.0 Å². The summed E-state index contributed by atoms with van der Waals surface area (Å²) in [5.74, 6) is 0. The van der Waals surface area contributed by atoms with E-state index < -0.39 is 0 Å². The minimum Gasteiger partial charge on any atom is -0.385 e. The van der Waals surface area contributed by atoms with Gasteiger partial charge in [0.25, 0.3) is 0 Å². The average molecular weight is 173 g/mol. The lowest BCUT2D eigenvalue weighted by Crippen LogP contribution is -2.47. The molecule has 0 aliphatic carbocycles. The summed E-state index contributed by atoms with van der Waals surface area (Å²) in [7, 11) is 1.74. The minimum absolute atomic E-state index is 0.396. The molecule has 1 aliphatic rings. The van der Waals surface area contributed by atoms with Gasteiger partial charge in [0.15, 0.2) is 0 Å². The monoisotopic (exact) mass is 173 g/mol. The van der Waals surface area contributed by atoms with Crippen molar-refractivity contribution in [1.29, 1.82) is 0 Å². The molecule has 0 aromatic carbocycles. The summed E-state index contributed by atoms with van der Waals surface area (Å²) in [4.78, 5) is 0. The summed E-state index contributed by atoms with van der Waals surface area (Å²) in [5.41, 5.74) is 0.396. The van der Waals surface area contributed by atoms with Gasteiger partial charge in [0.1, 0.15) is 0 Å². The van der Waals surface area contributed by atoms with Gasteiger partial charge in [0.05, 0.1) is 13.2 Å². The molecule has 72 valence electrons. The van der Waals surface area contributed by atoms with E-state index in [0.717, 1.165) is 39.3 Å². The summed E-state index contributed by atoms with van der Waals surface area (Å²) < 4.78 is 10.1. The highest BCUT2D eigenvalue weighted by molar-refractivity contribution is 4.82. The molecule has 1 rings (SSSR count). The summed E-state index contributed by atoms with van der Waals surface area (Å²) in [5, 5.41) is 3.40. The summed E-state index contributed by atoms with van der Waals surface area (Å²) in [6.45, 7) is 7.02. The topological polar surface area (TPSA) is 30.5 Å². The minimum atomic E-state index is 0.396. The van der Waals surface area contributed by atoms with Crippen molar-refractivity contribution in [2.24, 2.45) is 5.41 Å². The predicted octanol–water partition coefficient (Wildman–Crippen LogP) is 0.649. The van der Waals surface area contributed by atoms with Crippen molar-refractivity contribution < 1.29 is 9.47 Å². The Balaban J connectivity index is 1.88. The molecule has 0 bridgehead atoms. The van der Waals surface area contributed by atoms with Gasteiger partial charge in [-0.05, 0) is 13.0 Å². The van der Waals surface area contributed by atoms with Crippen molar-refractivity contribution in [1.82, 2.24) is 5.32 Å². The van der Waals surface area contributed by atoms with Crippen LogP contribution >= 0.6 is 0 Å². The maximum Gasteiger partial charge on any atom is 0.0554 e. The number of hydrogen-bond donors (Lipinski definition) is 1. The van der Waals surface area contributed by atoms with Crippen LogP contribution in [0.1, 0.15) is 13.3 Å². The van der Waals surface area contributed by atoms with Gasteiger partial charge in [-0.3, -0.25) is 0 Å². The van der Waals surface area contributed by atoms with E-state index in [1.807, 2.05) is 0 Å². The second-order valence-corrected chi connectivity index (χ2v) is 3.83. The first-order chi connectivity index (χ1) is 5.77. The van der Waals surface area contributed by atoms with Gasteiger partial charge in [-0.2, -0.15) is 0 Å². The third-order valence-corrected chi connectivity index (χ3v) is 2.15. The molecule has 0 unspecified atom stereocenters. The van der Waals surface area contributed by atoms with Crippen LogP contribution in [-0.2, 0) is 9.47 Å². The molecule has 1 N–H and O–H groups in total. The zero-order chi connectivity index (χ0) is 8.86. The van der Waals surface area contributed by atoms with Crippen LogP contribution in [0.25, 0.3) is 0 Å². The molecule has 0 atom stereocenters. The fourth-order valence-corrected chi connectivity index (χ4v) is 1.28. The van der Waals surface area contributed by atoms with Crippen molar-refractivity contribution in [3.05, 3.63) is 0 Å². The number of ether oxygens (including phenoxy) is 2. The molecule has 0 aromatic heterocycles. The van der Waals surface area contributed by atoms with Crippen LogP contribution in [0.2, 0.25) is 0 Å². The second kappa shape index (κ2) is 4.80. The van der Waals surface area contributed by atoms with E-state index in [0.29, 0.717) is 5.41 Å². The molecule has 0 amide bonds. The molecule has 0 saturated carbocycles. The first kappa shape index (κ1) is 9.96. The number of hydrogen-bond acceptors (Lipinski definition) is 3. The zero-order valence-corrected chi connectivity index (χ0v) is 8.06. The van der Waals surface area contributed by atoms with Crippen LogP contribution in [0.4, 0.5) is 0 Å². The van der Waals surface area contributed by atoms with Crippen molar-refractivity contribution >= 4 is 0 Å². The third-order valence-electron chi connectivity index (χ3n) is 2.15. The molecule has 1 aliphatic heterocycles. The fourth-order valence-electron chi connectivity index (χ4n) is 1.28. The summed E-state index contributed by atoms with van der Waals surface area (Å²) in [6, 6.07) is 0. The largest absolute Gasteiger partial charge is 0.385 e. The van der Waals surface area contributed by atoms with Gasteiger partial charge in [-0.1, -0.05) is 6.92 Å². The zero-order valence-electron chi connectivity index (χ0n) is 8.06.